The zero-order chi connectivity index (χ0) is 12.6. The zero-order valence-corrected chi connectivity index (χ0v) is 10.1. The highest BCUT2D eigenvalue weighted by Gasteiger charge is 2.05. The lowest BCUT2D eigenvalue weighted by Crippen LogP contribution is -2.16. The number of carbonyl (C=O) groups is 1. The van der Waals surface area contributed by atoms with Crippen LogP contribution in [0.5, 0.6) is 0 Å². The average Bonchev–Trinajstić information content (AvgIpc) is 2.25. The fourth-order valence-corrected chi connectivity index (χ4v) is 1.90. The van der Waals surface area contributed by atoms with Crippen molar-refractivity contribution >= 4 is 22.5 Å². The molecule has 0 aliphatic heterocycles. The molecule has 0 fully saturated rings. The van der Waals surface area contributed by atoms with Gasteiger partial charge in [-0.2, -0.15) is 0 Å². The van der Waals surface area contributed by atoms with Crippen LogP contribution in [-0.2, 0) is 11.8 Å². The number of pyridine rings is 1. The van der Waals surface area contributed by atoms with Gasteiger partial charge in [0.25, 0.3) is 5.56 Å². The van der Waals surface area contributed by atoms with Crippen LogP contribution in [0.2, 0.25) is 0 Å². The van der Waals surface area contributed by atoms with E-state index in [4.69, 9.17) is 0 Å². The predicted octanol–water partition coefficient (Wildman–Crippen LogP) is 1.81. The van der Waals surface area contributed by atoms with Gasteiger partial charge in [0.1, 0.15) is 0 Å². The van der Waals surface area contributed by atoms with Crippen molar-refractivity contribution in [2.75, 3.05) is 5.32 Å². The Morgan fingerprint density at radius 2 is 2.00 bits per heavy atom. The summed E-state index contributed by atoms with van der Waals surface area (Å²) in [6.07, 6.45) is 0. The summed E-state index contributed by atoms with van der Waals surface area (Å²) in [4.78, 5) is 22.7. The number of amides is 1. The first-order valence-corrected chi connectivity index (χ1v) is 5.37. The molecule has 4 nitrogen and oxygen atoms in total. The van der Waals surface area contributed by atoms with Crippen molar-refractivity contribution in [3.8, 4) is 0 Å². The maximum Gasteiger partial charge on any atom is 0.251 e. The van der Waals surface area contributed by atoms with Gasteiger partial charge in [-0.1, -0.05) is 6.07 Å². The molecule has 4 heteroatoms. The van der Waals surface area contributed by atoms with E-state index in [1.54, 1.807) is 17.7 Å². The number of anilines is 1. The van der Waals surface area contributed by atoms with E-state index in [2.05, 4.69) is 5.32 Å². The first-order chi connectivity index (χ1) is 7.99. The van der Waals surface area contributed by atoms with Gasteiger partial charge in [0, 0.05) is 31.1 Å². The van der Waals surface area contributed by atoms with Gasteiger partial charge in [0.05, 0.1) is 5.52 Å². The molecule has 0 aliphatic rings. The Kier molecular flexibility index (Phi) is 2.71. The Morgan fingerprint density at radius 1 is 1.29 bits per heavy atom. The second-order valence-electron chi connectivity index (χ2n) is 4.14. The number of hydrogen-bond acceptors (Lipinski definition) is 2. The summed E-state index contributed by atoms with van der Waals surface area (Å²) in [5, 5.41) is 3.72. The summed E-state index contributed by atoms with van der Waals surface area (Å²) < 4.78 is 1.58. The normalized spacial score (nSPS) is 10.5. The van der Waals surface area contributed by atoms with E-state index in [1.807, 2.05) is 25.1 Å². The molecule has 2 rings (SSSR count). The highest BCUT2D eigenvalue weighted by molar-refractivity contribution is 5.92. The minimum atomic E-state index is -0.123. The summed E-state index contributed by atoms with van der Waals surface area (Å²) in [5.41, 5.74) is 2.42. The van der Waals surface area contributed by atoms with Crippen LogP contribution in [0.1, 0.15) is 12.5 Å². The van der Waals surface area contributed by atoms with Crippen molar-refractivity contribution in [1.82, 2.24) is 4.57 Å². The molecule has 1 amide bonds. The van der Waals surface area contributed by atoms with E-state index in [0.29, 0.717) is 5.69 Å². The predicted molar refractivity (Wildman–Crippen MR) is 68.2 cm³/mol. The molecular formula is C13H14N2O2. The minimum absolute atomic E-state index is 0.0463. The van der Waals surface area contributed by atoms with Crippen molar-refractivity contribution in [1.29, 1.82) is 0 Å². The molecule has 0 bridgehead atoms. The van der Waals surface area contributed by atoms with Gasteiger partial charge in [-0.3, -0.25) is 9.59 Å². The van der Waals surface area contributed by atoms with Crippen LogP contribution in [0.25, 0.3) is 10.9 Å². The molecule has 88 valence electrons. The van der Waals surface area contributed by atoms with Crippen LogP contribution in [0.4, 0.5) is 5.69 Å². The molecule has 0 aliphatic carbocycles. The molecular weight excluding hydrogens is 216 g/mol. The van der Waals surface area contributed by atoms with Crippen LogP contribution in [0.3, 0.4) is 0 Å². The molecule has 0 unspecified atom stereocenters. The smallest absolute Gasteiger partial charge is 0.251 e. The summed E-state index contributed by atoms with van der Waals surface area (Å²) in [7, 11) is 1.72. The number of benzene rings is 1. The van der Waals surface area contributed by atoms with E-state index in [-0.39, 0.29) is 11.5 Å². The monoisotopic (exact) mass is 230 g/mol. The largest absolute Gasteiger partial charge is 0.326 e. The second kappa shape index (κ2) is 4.05. The molecule has 0 atom stereocenters. The van der Waals surface area contributed by atoms with Crippen molar-refractivity contribution in [2.24, 2.45) is 7.05 Å². The van der Waals surface area contributed by atoms with Gasteiger partial charge >= 0.3 is 0 Å². The summed E-state index contributed by atoms with van der Waals surface area (Å²) >= 11 is 0. The maximum atomic E-state index is 11.7. The van der Waals surface area contributed by atoms with Gasteiger partial charge in [-0.15, -0.1) is 0 Å². The third kappa shape index (κ3) is 2.06. The van der Waals surface area contributed by atoms with E-state index in [9.17, 15) is 9.59 Å². The number of nitrogens with zero attached hydrogens (tertiary/aromatic N) is 1. The molecule has 1 heterocycles. The molecule has 0 saturated carbocycles. The SMILES string of the molecule is CC(=O)Nc1ccc2c(C)cc(=O)n(C)c2c1. The molecule has 0 radical (unpaired) electrons. The second-order valence-corrected chi connectivity index (χ2v) is 4.14. The molecule has 1 N–H and O–H groups in total. The van der Waals surface area contributed by atoms with Crippen LogP contribution >= 0.6 is 0 Å². The van der Waals surface area contributed by atoms with Gasteiger partial charge in [0.15, 0.2) is 0 Å². The van der Waals surface area contributed by atoms with Gasteiger partial charge in [0.2, 0.25) is 5.91 Å². The Labute approximate surface area is 98.9 Å². The van der Waals surface area contributed by atoms with Gasteiger partial charge in [-0.05, 0) is 24.6 Å². The quantitative estimate of drug-likeness (QED) is 0.812. The van der Waals surface area contributed by atoms with Crippen molar-refractivity contribution in [3.63, 3.8) is 0 Å². The average molecular weight is 230 g/mol. The highest BCUT2D eigenvalue weighted by atomic mass is 16.1. The number of hydrogen-bond donors (Lipinski definition) is 1. The van der Waals surface area contributed by atoms with Crippen molar-refractivity contribution in [2.45, 2.75) is 13.8 Å². The number of fused-ring (bicyclic) bond motifs is 1. The van der Waals surface area contributed by atoms with E-state index >= 15 is 0 Å². The van der Waals surface area contributed by atoms with Gasteiger partial charge < -0.3 is 9.88 Å². The molecule has 0 spiro atoms. The molecule has 17 heavy (non-hydrogen) atoms. The third-order valence-electron chi connectivity index (χ3n) is 2.77. The Hall–Kier alpha value is -2.10. The fraction of sp³-hybridized carbons (Fsp3) is 0.231. The minimum Gasteiger partial charge on any atom is -0.326 e. The standard InChI is InChI=1S/C13H14N2O2/c1-8-6-13(17)15(3)12-7-10(14-9(2)16)4-5-11(8)12/h4-7H,1-3H3,(H,14,16). The van der Waals surface area contributed by atoms with Crippen LogP contribution in [-0.4, -0.2) is 10.5 Å². The number of carbonyl (C=O) groups excluding carboxylic acids is 1. The zero-order valence-electron chi connectivity index (χ0n) is 10.1. The Bertz CT molecular complexity index is 656. The Morgan fingerprint density at radius 3 is 2.65 bits per heavy atom. The van der Waals surface area contributed by atoms with E-state index in [1.165, 1.54) is 6.92 Å². The fourth-order valence-electron chi connectivity index (χ4n) is 1.90. The number of aromatic nitrogens is 1. The molecule has 0 saturated heterocycles. The van der Waals surface area contributed by atoms with Crippen LogP contribution < -0.4 is 10.9 Å². The summed E-state index contributed by atoms with van der Waals surface area (Å²) in [5.74, 6) is -0.123. The van der Waals surface area contributed by atoms with Crippen LogP contribution in [0.15, 0.2) is 29.1 Å². The number of aryl methyl sites for hydroxylation is 2. The third-order valence-corrected chi connectivity index (χ3v) is 2.77. The van der Waals surface area contributed by atoms with E-state index < -0.39 is 0 Å². The lowest BCUT2D eigenvalue weighted by Gasteiger charge is -2.09. The van der Waals surface area contributed by atoms with Crippen molar-refractivity contribution < 1.29 is 4.79 Å². The topological polar surface area (TPSA) is 51.1 Å². The molecule has 1 aromatic heterocycles. The number of rotatable bonds is 1. The maximum absolute atomic E-state index is 11.7. The molecule has 1 aromatic carbocycles. The number of nitrogens with one attached hydrogen (secondary N) is 1. The lowest BCUT2D eigenvalue weighted by atomic mass is 10.1. The van der Waals surface area contributed by atoms with Crippen LogP contribution in [0, 0.1) is 6.92 Å². The summed E-state index contributed by atoms with van der Waals surface area (Å²) in [6, 6.07) is 7.17. The van der Waals surface area contributed by atoms with Gasteiger partial charge in [-0.25, -0.2) is 0 Å². The Balaban J connectivity index is 2.72. The summed E-state index contributed by atoms with van der Waals surface area (Å²) in [6.45, 7) is 3.36. The first-order valence-electron chi connectivity index (χ1n) is 5.37. The van der Waals surface area contributed by atoms with Crippen molar-refractivity contribution in [3.05, 3.63) is 40.2 Å². The first kappa shape index (κ1) is 11.4. The van der Waals surface area contributed by atoms with E-state index in [0.717, 1.165) is 16.5 Å². The lowest BCUT2D eigenvalue weighted by molar-refractivity contribution is -0.114. The molecule has 2 aromatic rings. The highest BCUT2D eigenvalue weighted by Crippen LogP contribution is 2.20.